The quantitative estimate of drug-likeness (QED) is 0.805. The Morgan fingerprint density at radius 2 is 2.22 bits per heavy atom. The summed E-state index contributed by atoms with van der Waals surface area (Å²) in [6.45, 7) is 2.89. The van der Waals surface area contributed by atoms with Crippen LogP contribution in [0.5, 0.6) is 0 Å². The fourth-order valence-electron chi connectivity index (χ4n) is 2.19. The predicted molar refractivity (Wildman–Crippen MR) is 73.6 cm³/mol. The molecular formula is C14H16N4. The molecule has 4 nitrogen and oxygen atoms in total. The van der Waals surface area contributed by atoms with Crippen LogP contribution in [0.4, 0.5) is 5.82 Å². The van der Waals surface area contributed by atoms with Gasteiger partial charge in [0.15, 0.2) is 5.82 Å². The normalized spacial score (nSPS) is 15.4. The van der Waals surface area contributed by atoms with E-state index in [4.69, 9.17) is 0 Å². The first-order valence-electron chi connectivity index (χ1n) is 6.26. The van der Waals surface area contributed by atoms with Crippen LogP contribution in [0.1, 0.15) is 6.42 Å². The van der Waals surface area contributed by atoms with Crippen molar-refractivity contribution in [3.63, 3.8) is 0 Å². The van der Waals surface area contributed by atoms with Gasteiger partial charge in [-0.2, -0.15) is 5.10 Å². The average Bonchev–Trinajstić information content (AvgIpc) is 2.46. The second-order valence-electron chi connectivity index (χ2n) is 4.45. The number of nitrogens with one attached hydrogen (secondary N) is 2. The van der Waals surface area contributed by atoms with Gasteiger partial charge in [0.05, 0.1) is 6.20 Å². The Balaban J connectivity index is 1.80. The minimum absolute atomic E-state index is 0.852. The standard InChI is InChI=1S/C14H16N4/c1-2-4-13-12(3-1)10-17-18-14(13)16-9-11-5-7-15-8-6-11/h1-5,10,15H,6-9H2,(H,16,18). The molecule has 0 fully saturated rings. The maximum Gasteiger partial charge on any atom is 0.156 e. The number of nitrogens with zero attached hydrogens (tertiary/aromatic N) is 2. The fraction of sp³-hybridized carbons (Fsp3) is 0.286. The molecule has 92 valence electrons. The molecule has 2 N–H and O–H groups in total. The van der Waals surface area contributed by atoms with Gasteiger partial charge < -0.3 is 10.6 Å². The summed E-state index contributed by atoms with van der Waals surface area (Å²) in [5.74, 6) is 0.868. The van der Waals surface area contributed by atoms with E-state index in [1.165, 1.54) is 5.57 Å². The highest BCUT2D eigenvalue weighted by Crippen LogP contribution is 2.19. The van der Waals surface area contributed by atoms with Crippen molar-refractivity contribution in [2.24, 2.45) is 0 Å². The van der Waals surface area contributed by atoms with Gasteiger partial charge in [0.2, 0.25) is 0 Å². The van der Waals surface area contributed by atoms with Crippen LogP contribution in [0.3, 0.4) is 0 Å². The van der Waals surface area contributed by atoms with Gasteiger partial charge in [-0.1, -0.05) is 35.9 Å². The Morgan fingerprint density at radius 3 is 3.11 bits per heavy atom. The molecule has 1 aromatic carbocycles. The van der Waals surface area contributed by atoms with Gasteiger partial charge in [0.25, 0.3) is 0 Å². The lowest BCUT2D eigenvalue weighted by atomic mass is 10.1. The van der Waals surface area contributed by atoms with Gasteiger partial charge in [0, 0.05) is 23.9 Å². The first-order chi connectivity index (χ1) is 8.93. The van der Waals surface area contributed by atoms with E-state index in [1.54, 1.807) is 6.20 Å². The lowest BCUT2D eigenvalue weighted by molar-refractivity contribution is 0.697. The Bertz CT molecular complexity index is 572. The van der Waals surface area contributed by atoms with Crippen LogP contribution in [0.25, 0.3) is 10.8 Å². The van der Waals surface area contributed by atoms with Crippen molar-refractivity contribution in [2.45, 2.75) is 6.42 Å². The molecule has 0 atom stereocenters. The molecule has 0 aliphatic carbocycles. The van der Waals surface area contributed by atoms with E-state index in [2.05, 4.69) is 39.0 Å². The fourth-order valence-corrected chi connectivity index (χ4v) is 2.19. The molecule has 3 rings (SSSR count). The minimum atomic E-state index is 0.852. The third-order valence-electron chi connectivity index (χ3n) is 3.21. The number of benzene rings is 1. The Hall–Kier alpha value is -1.94. The van der Waals surface area contributed by atoms with E-state index in [-0.39, 0.29) is 0 Å². The zero-order chi connectivity index (χ0) is 12.2. The number of hydrogen-bond donors (Lipinski definition) is 2. The molecule has 0 saturated heterocycles. The highest BCUT2D eigenvalue weighted by atomic mass is 15.2. The van der Waals surface area contributed by atoms with E-state index in [9.17, 15) is 0 Å². The predicted octanol–water partition coefficient (Wildman–Crippen LogP) is 1.96. The first kappa shape index (κ1) is 11.2. The Morgan fingerprint density at radius 1 is 1.28 bits per heavy atom. The highest BCUT2D eigenvalue weighted by Gasteiger charge is 2.05. The summed E-state index contributed by atoms with van der Waals surface area (Å²) in [4.78, 5) is 0. The van der Waals surface area contributed by atoms with Crippen molar-refractivity contribution >= 4 is 16.6 Å². The molecule has 2 aromatic rings. The summed E-state index contributed by atoms with van der Waals surface area (Å²) in [6, 6.07) is 8.17. The maximum absolute atomic E-state index is 4.19. The van der Waals surface area contributed by atoms with Crippen LogP contribution < -0.4 is 10.6 Å². The van der Waals surface area contributed by atoms with Gasteiger partial charge in [-0.05, 0) is 13.0 Å². The number of fused-ring (bicyclic) bond motifs is 1. The molecule has 0 bridgehead atoms. The van der Waals surface area contributed by atoms with Crippen molar-refractivity contribution < 1.29 is 0 Å². The van der Waals surface area contributed by atoms with Crippen LogP contribution in [-0.4, -0.2) is 29.8 Å². The maximum atomic E-state index is 4.19. The molecule has 1 aliphatic rings. The minimum Gasteiger partial charge on any atom is -0.364 e. The summed E-state index contributed by atoms with van der Waals surface area (Å²) in [5.41, 5.74) is 1.43. The van der Waals surface area contributed by atoms with Crippen LogP contribution in [0, 0.1) is 0 Å². The SMILES string of the molecule is C1=C(CNc2nncc3ccccc23)CCNC1. The van der Waals surface area contributed by atoms with Crippen molar-refractivity contribution in [1.29, 1.82) is 0 Å². The summed E-state index contributed by atoms with van der Waals surface area (Å²) >= 11 is 0. The summed E-state index contributed by atoms with van der Waals surface area (Å²) in [7, 11) is 0. The summed E-state index contributed by atoms with van der Waals surface area (Å²) in [5, 5.41) is 17.2. The zero-order valence-electron chi connectivity index (χ0n) is 10.2. The van der Waals surface area contributed by atoms with Crippen molar-refractivity contribution in [3.05, 3.63) is 42.1 Å². The smallest absolute Gasteiger partial charge is 0.156 e. The second kappa shape index (κ2) is 5.14. The second-order valence-corrected chi connectivity index (χ2v) is 4.45. The molecule has 0 radical (unpaired) electrons. The number of rotatable bonds is 3. The average molecular weight is 240 g/mol. The van der Waals surface area contributed by atoms with Crippen LogP contribution >= 0.6 is 0 Å². The Kier molecular flexibility index (Phi) is 3.19. The summed E-state index contributed by atoms with van der Waals surface area (Å²) < 4.78 is 0. The number of aromatic nitrogens is 2. The molecule has 18 heavy (non-hydrogen) atoms. The van der Waals surface area contributed by atoms with Crippen LogP contribution in [-0.2, 0) is 0 Å². The van der Waals surface area contributed by atoms with Crippen LogP contribution in [0.15, 0.2) is 42.1 Å². The molecule has 1 aromatic heterocycles. The molecule has 1 aliphatic heterocycles. The molecule has 0 unspecified atom stereocenters. The van der Waals surface area contributed by atoms with Gasteiger partial charge in [-0.25, -0.2) is 0 Å². The van der Waals surface area contributed by atoms with E-state index >= 15 is 0 Å². The third-order valence-corrected chi connectivity index (χ3v) is 3.21. The van der Waals surface area contributed by atoms with Crippen molar-refractivity contribution in [2.75, 3.05) is 25.0 Å². The van der Waals surface area contributed by atoms with Gasteiger partial charge >= 0.3 is 0 Å². The number of anilines is 1. The molecular weight excluding hydrogens is 224 g/mol. The van der Waals surface area contributed by atoms with Crippen LogP contribution in [0.2, 0.25) is 0 Å². The van der Waals surface area contributed by atoms with E-state index < -0.39 is 0 Å². The third kappa shape index (κ3) is 2.33. The van der Waals surface area contributed by atoms with Crippen molar-refractivity contribution in [3.8, 4) is 0 Å². The molecule has 0 saturated carbocycles. The monoisotopic (exact) mass is 240 g/mol. The van der Waals surface area contributed by atoms with E-state index in [0.29, 0.717) is 0 Å². The van der Waals surface area contributed by atoms with Gasteiger partial charge in [0.1, 0.15) is 0 Å². The largest absolute Gasteiger partial charge is 0.364 e. The van der Waals surface area contributed by atoms with Gasteiger partial charge in [-0.3, -0.25) is 0 Å². The number of hydrogen-bond acceptors (Lipinski definition) is 4. The highest BCUT2D eigenvalue weighted by molar-refractivity contribution is 5.90. The van der Waals surface area contributed by atoms with E-state index in [0.717, 1.165) is 42.6 Å². The Labute approximate surface area is 106 Å². The molecule has 0 spiro atoms. The molecule has 2 heterocycles. The van der Waals surface area contributed by atoms with Gasteiger partial charge in [-0.15, -0.1) is 5.10 Å². The molecule has 0 amide bonds. The lowest BCUT2D eigenvalue weighted by Gasteiger charge is -2.15. The lowest BCUT2D eigenvalue weighted by Crippen LogP contribution is -2.23. The summed E-state index contributed by atoms with van der Waals surface area (Å²) in [6.07, 6.45) is 5.14. The molecule has 4 heteroatoms. The zero-order valence-corrected chi connectivity index (χ0v) is 10.2. The first-order valence-corrected chi connectivity index (χ1v) is 6.26. The topological polar surface area (TPSA) is 49.8 Å². The van der Waals surface area contributed by atoms with Crippen molar-refractivity contribution in [1.82, 2.24) is 15.5 Å². The van der Waals surface area contributed by atoms with E-state index in [1.807, 2.05) is 12.1 Å².